The summed E-state index contributed by atoms with van der Waals surface area (Å²) in [4.78, 5) is 23.1. The van der Waals surface area contributed by atoms with Crippen molar-refractivity contribution >= 4 is 23.3 Å². The number of hydrogen-bond donors (Lipinski definition) is 4. The van der Waals surface area contributed by atoms with Crippen LogP contribution in [0.1, 0.15) is 11.1 Å². The van der Waals surface area contributed by atoms with Crippen LogP contribution < -0.4 is 20.4 Å². The Hall–Kier alpha value is -3.10. The van der Waals surface area contributed by atoms with Crippen molar-refractivity contribution in [1.82, 2.24) is 10.6 Å². The first-order chi connectivity index (χ1) is 15.4. The average Bonchev–Trinajstić information content (AvgIpc) is 2.82. The van der Waals surface area contributed by atoms with Crippen LogP contribution in [-0.4, -0.2) is 74.5 Å². The molecule has 0 unspecified atom stereocenters. The molecule has 0 aromatic heterocycles. The maximum Gasteiger partial charge on any atom is 0.414 e. The van der Waals surface area contributed by atoms with Crippen LogP contribution in [0.25, 0.3) is 0 Å². The number of nitrogens with one attached hydrogen (secondary N) is 2. The monoisotopic (exact) mass is 442 g/mol. The van der Waals surface area contributed by atoms with Crippen LogP contribution >= 0.6 is 0 Å². The molecule has 2 saturated heterocycles. The van der Waals surface area contributed by atoms with E-state index in [4.69, 9.17) is 19.8 Å². The zero-order valence-corrected chi connectivity index (χ0v) is 18.9. The van der Waals surface area contributed by atoms with Crippen molar-refractivity contribution in [2.45, 2.75) is 13.8 Å². The molecule has 2 aliphatic heterocycles. The van der Waals surface area contributed by atoms with Crippen molar-refractivity contribution in [2.24, 2.45) is 0 Å². The maximum absolute atomic E-state index is 9.10. The highest BCUT2D eigenvalue weighted by atomic mass is 16.4. The molecular formula is C24H34N4O4. The molecule has 0 amide bonds. The molecule has 2 aromatic rings. The van der Waals surface area contributed by atoms with Crippen LogP contribution in [0.3, 0.4) is 0 Å². The summed E-state index contributed by atoms with van der Waals surface area (Å²) < 4.78 is 0. The lowest BCUT2D eigenvalue weighted by Gasteiger charge is -2.29. The smallest absolute Gasteiger partial charge is 0.414 e. The van der Waals surface area contributed by atoms with Gasteiger partial charge in [-0.3, -0.25) is 0 Å². The van der Waals surface area contributed by atoms with Gasteiger partial charge in [-0.25, -0.2) is 9.59 Å². The number of carboxylic acid groups (broad SMARTS) is 2. The SMILES string of the molecule is Cc1ccc(N2CCNCC2)cc1.Cc1ccc(N2CCNCC2)cc1.O=C(O)C(=O)O. The highest BCUT2D eigenvalue weighted by Gasteiger charge is 2.10. The van der Waals surface area contributed by atoms with E-state index in [2.05, 4.69) is 82.8 Å². The molecular weight excluding hydrogens is 408 g/mol. The number of anilines is 2. The van der Waals surface area contributed by atoms with Crippen LogP contribution in [0.4, 0.5) is 11.4 Å². The standard InChI is InChI=1S/2C11H16N2.C2H2O4/c2*1-10-2-4-11(5-3-10)13-8-6-12-7-9-13;3-1(4)2(5)6/h2*2-5,12H,6-9H2,1H3;(H,3,4)(H,5,6). The van der Waals surface area contributed by atoms with Gasteiger partial charge in [-0.05, 0) is 38.1 Å². The van der Waals surface area contributed by atoms with Gasteiger partial charge in [-0.1, -0.05) is 35.4 Å². The number of nitrogens with zero attached hydrogens (tertiary/aromatic N) is 2. The number of benzene rings is 2. The molecule has 2 fully saturated rings. The molecule has 2 aliphatic rings. The molecule has 4 rings (SSSR count). The zero-order chi connectivity index (χ0) is 23.3. The molecule has 0 saturated carbocycles. The Labute approximate surface area is 189 Å². The number of hydrogen-bond acceptors (Lipinski definition) is 6. The van der Waals surface area contributed by atoms with Crippen molar-refractivity contribution < 1.29 is 19.8 Å². The minimum Gasteiger partial charge on any atom is -0.473 e. The van der Waals surface area contributed by atoms with E-state index in [0.29, 0.717) is 0 Å². The van der Waals surface area contributed by atoms with Crippen LogP contribution in [0.15, 0.2) is 48.5 Å². The third-order valence-corrected chi connectivity index (χ3v) is 5.22. The van der Waals surface area contributed by atoms with Gasteiger partial charge in [0.15, 0.2) is 0 Å². The molecule has 8 nitrogen and oxygen atoms in total. The van der Waals surface area contributed by atoms with E-state index >= 15 is 0 Å². The van der Waals surface area contributed by atoms with E-state index in [0.717, 1.165) is 52.4 Å². The summed E-state index contributed by atoms with van der Waals surface area (Å²) in [7, 11) is 0. The number of piperazine rings is 2. The van der Waals surface area contributed by atoms with Crippen molar-refractivity contribution in [3.05, 3.63) is 59.7 Å². The van der Waals surface area contributed by atoms with Gasteiger partial charge in [-0.15, -0.1) is 0 Å². The summed E-state index contributed by atoms with van der Waals surface area (Å²) in [6.07, 6.45) is 0. The normalized spacial score (nSPS) is 15.6. The molecule has 0 aliphatic carbocycles. The summed E-state index contributed by atoms with van der Waals surface area (Å²) in [6, 6.07) is 17.5. The van der Waals surface area contributed by atoms with E-state index in [1.807, 2.05) is 0 Å². The predicted octanol–water partition coefficient (Wildman–Crippen LogP) is 1.96. The lowest BCUT2D eigenvalue weighted by Crippen LogP contribution is -2.43. The fourth-order valence-electron chi connectivity index (χ4n) is 3.36. The van der Waals surface area contributed by atoms with Gasteiger partial charge < -0.3 is 30.6 Å². The summed E-state index contributed by atoms with van der Waals surface area (Å²) in [5.41, 5.74) is 5.37. The van der Waals surface area contributed by atoms with Crippen LogP contribution in [0.2, 0.25) is 0 Å². The molecule has 4 N–H and O–H groups in total. The first-order valence-electron chi connectivity index (χ1n) is 10.9. The van der Waals surface area contributed by atoms with Gasteiger partial charge in [0, 0.05) is 63.7 Å². The number of aryl methyl sites for hydroxylation is 2. The third-order valence-electron chi connectivity index (χ3n) is 5.22. The second kappa shape index (κ2) is 13.3. The van der Waals surface area contributed by atoms with E-state index in [1.165, 1.54) is 22.5 Å². The molecule has 2 heterocycles. The van der Waals surface area contributed by atoms with Gasteiger partial charge in [-0.2, -0.15) is 0 Å². The molecule has 2 aromatic carbocycles. The van der Waals surface area contributed by atoms with Crippen LogP contribution in [0.5, 0.6) is 0 Å². The Morgan fingerprint density at radius 2 is 0.906 bits per heavy atom. The second-order valence-electron chi connectivity index (χ2n) is 7.76. The van der Waals surface area contributed by atoms with E-state index in [1.54, 1.807) is 0 Å². The van der Waals surface area contributed by atoms with E-state index in [-0.39, 0.29) is 0 Å². The minimum atomic E-state index is -1.82. The number of aliphatic carboxylic acids is 2. The molecule has 0 spiro atoms. The lowest BCUT2D eigenvalue weighted by atomic mass is 10.2. The Kier molecular flexibility index (Phi) is 10.5. The van der Waals surface area contributed by atoms with Crippen molar-refractivity contribution in [1.29, 1.82) is 0 Å². The van der Waals surface area contributed by atoms with Gasteiger partial charge in [0.2, 0.25) is 0 Å². The highest BCUT2D eigenvalue weighted by Crippen LogP contribution is 2.15. The minimum absolute atomic E-state index is 1.11. The fourth-order valence-corrected chi connectivity index (χ4v) is 3.36. The average molecular weight is 443 g/mol. The zero-order valence-electron chi connectivity index (χ0n) is 18.9. The first kappa shape index (κ1) is 25.2. The fraction of sp³-hybridized carbons (Fsp3) is 0.417. The van der Waals surface area contributed by atoms with Crippen molar-refractivity contribution in [2.75, 3.05) is 62.2 Å². The van der Waals surface area contributed by atoms with E-state index < -0.39 is 11.9 Å². The second-order valence-corrected chi connectivity index (χ2v) is 7.76. The van der Waals surface area contributed by atoms with Crippen molar-refractivity contribution in [3.63, 3.8) is 0 Å². The van der Waals surface area contributed by atoms with Gasteiger partial charge in [0.05, 0.1) is 0 Å². The quantitative estimate of drug-likeness (QED) is 0.523. The molecule has 32 heavy (non-hydrogen) atoms. The predicted molar refractivity (Wildman–Crippen MR) is 128 cm³/mol. The van der Waals surface area contributed by atoms with Gasteiger partial charge in [0.25, 0.3) is 0 Å². The molecule has 0 bridgehead atoms. The number of carbonyl (C=O) groups is 2. The Morgan fingerprint density at radius 1 is 0.625 bits per heavy atom. The van der Waals surface area contributed by atoms with Crippen molar-refractivity contribution in [3.8, 4) is 0 Å². The van der Waals surface area contributed by atoms with Gasteiger partial charge >= 0.3 is 11.9 Å². The summed E-state index contributed by atoms with van der Waals surface area (Å²) in [5.74, 6) is -3.65. The summed E-state index contributed by atoms with van der Waals surface area (Å²) in [6.45, 7) is 13.2. The molecule has 0 atom stereocenters. The Morgan fingerprint density at radius 3 is 1.16 bits per heavy atom. The maximum atomic E-state index is 9.10. The van der Waals surface area contributed by atoms with Crippen LogP contribution in [0, 0.1) is 13.8 Å². The topological polar surface area (TPSA) is 105 Å². The molecule has 174 valence electrons. The largest absolute Gasteiger partial charge is 0.473 e. The Balaban J connectivity index is 0.000000183. The van der Waals surface area contributed by atoms with Gasteiger partial charge in [0.1, 0.15) is 0 Å². The summed E-state index contributed by atoms with van der Waals surface area (Å²) >= 11 is 0. The molecule has 0 radical (unpaired) electrons. The van der Waals surface area contributed by atoms with Crippen LogP contribution in [-0.2, 0) is 9.59 Å². The highest BCUT2D eigenvalue weighted by molar-refractivity contribution is 6.27. The molecule has 8 heteroatoms. The summed E-state index contributed by atoms with van der Waals surface area (Å²) in [5, 5.41) is 21.5. The number of rotatable bonds is 2. The first-order valence-corrected chi connectivity index (χ1v) is 10.9. The number of carboxylic acids is 2. The third kappa shape index (κ3) is 8.95. The lowest BCUT2D eigenvalue weighted by molar-refractivity contribution is -0.159. The van der Waals surface area contributed by atoms with E-state index in [9.17, 15) is 0 Å². The Bertz CT molecular complexity index is 757.